The summed E-state index contributed by atoms with van der Waals surface area (Å²) in [7, 11) is 0. The summed E-state index contributed by atoms with van der Waals surface area (Å²) in [6, 6.07) is 11.0. The van der Waals surface area contributed by atoms with Gasteiger partial charge in [-0.15, -0.1) is 0 Å². The van der Waals surface area contributed by atoms with E-state index in [2.05, 4.69) is 16.9 Å². The number of hydrogen-bond donors (Lipinski definition) is 1. The Kier molecular flexibility index (Phi) is 5.32. The van der Waals surface area contributed by atoms with Gasteiger partial charge < -0.3 is 5.11 Å². The molecule has 1 aromatic carbocycles. The van der Waals surface area contributed by atoms with Crippen molar-refractivity contribution in [3.63, 3.8) is 0 Å². The molecule has 178 valence electrons. The van der Waals surface area contributed by atoms with Gasteiger partial charge in [0.05, 0.1) is 5.56 Å². The largest absolute Gasteiger partial charge is 0.507 e. The molecule has 2 fully saturated rings. The molecule has 5 heteroatoms. The van der Waals surface area contributed by atoms with Crippen molar-refractivity contribution >= 4 is 11.6 Å². The number of phenols is 1. The third-order valence-corrected chi connectivity index (χ3v) is 9.27. The van der Waals surface area contributed by atoms with Crippen LogP contribution in [-0.4, -0.2) is 26.6 Å². The molecule has 1 N–H and O–H groups in total. The first-order valence-corrected chi connectivity index (χ1v) is 12.7. The Morgan fingerprint density at radius 1 is 0.971 bits per heavy atom. The number of fused-ring (bicyclic) bond motifs is 5. The van der Waals surface area contributed by atoms with Crippen LogP contribution in [0.15, 0.2) is 61.2 Å². The van der Waals surface area contributed by atoms with Gasteiger partial charge in [0.1, 0.15) is 5.75 Å². The molecular formula is C30H30N2O3. The predicted octanol–water partition coefficient (Wildman–Crippen LogP) is 5.77. The van der Waals surface area contributed by atoms with Crippen LogP contribution in [0.25, 0.3) is 0 Å². The van der Waals surface area contributed by atoms with Gasteiger partial charge in [0.2, 0.25) is 0 Å². The van der Waals surface area contributed by atoms with E-state index < -0.39 is 0 Å². The van der Waals surface area contributed by atoms with Gasteiger partial charge in [-0.25, -0.2) is 0 Å². The average molecular weight is 467 g/mol. The van der Waals surface area contributed by atoms with E-state index in [4.69, 9.17) is 0 Å². The molecule has 2 saturated carbocycles. The molecule has 0 amide bonds. The van der Waals surface area contributed by atoms with Gasteiger partial charge in [-0.2, -0.15) is 0 Å². The van der Waals surface area contributed by atoms with Crippen molar-refractivity contribution in [2.75, 3.05) is 0 Å². The first-order chi connectivity index (χ1) is 17.0. The molecule has 0 aliphatic heterocycles. The number of carbonyl (C=O) groups excluding carboxylic acids is 2. The Morgan fingerprint density at radius 2 is 1.71 bits per heavy atom. The number of carbonyl (C=O) groups is 2. The van der Waals surface area contributed by atoms with Gasteiger partial charge in [-0.1, -0.05) is 6.92 Å². The van der Waals surface area contributed by atoms with Gasteiger partial charge in [-0.3, -0.25) is 19.6 Å². The van der Waals surface area contributed by atoms with Crippen LogP contribution in [0.1, 0.15) is 82.4 Å². The van der Waals surface area contributed by atoms with Crippen LogP contribution in [0, 0.1) is 23.2 Å². The lowest BCUT2D eigenvalue weighted by Crippen LogP contribution is -2.44. The van der Waals surface area contributed by atoms with Gasteiger partial charge in [-0.05, 0) is 109 Å². The van der Waals surface area contributed by atoms with E-state index in [1.165, 1.54) is 11.1 Å². The second kappa shape index (κ2) is 8.40. The number of benzene rings is 1. The summed E-state index contributed by atoms with van der Waals surface area (Å²) in [6.07, 6.45) is 12.6. The molecular weight excluding hydrogens is 436 g/mol. The number of aromatic hydroxyl groups is 1. The molecule has 3 aliphatic carbocycles. The van der Waals surface area contributed by atoms with E-state index in [1.807, 2.05) is 24.3 Å². The van der Waals surface area contributed by atoms with Crippen LogP contribution in [0.3, 0.4) is 0 Å². The number of ketones is 2. The fraction of sp³-hybridized carbons (Fsp3) is 0.400. The van der Waals surface area contributed by atoms with E-state index in [-0.39, 0.29) is 28.6 Å². The van der Waals surface area contributed by atoms with Gasteiger partial charge in [0.25, 0.3) is 0 Å². The molecule has 3 aromatic rings. The second-order valence-corrected chi connectivity index (χ2v) is 10.8. The molecule has 0 unspecified atom stereocenters. The molecule has 0 spiro atoms. The zero-order chi connectivity index (χ0) is 24.2. The first kappa shape index (κ1) is 22.1. The Balaban J connectivity index is 1.28. The molecule has 5 nitrogen and oxygen atoms in total. The van der Waals surface area contributed by atoms with E-state index >= 15 is 0 Å². The molecule has 35 heavy (non-hydrogen) atoms. The van der Waals surface area contributed by atoms with Crippen molar-refractivity contribution in [1.82, 2.24) is 9.97 Å². The lowest BCUT2D eigenvalue weighted by molar-refractivity contribution is 0.0276. The minimum absolute atomic E-state index is 0.00382. The normalized spacial score (nSPS) is 29.1. The van der Waals surface area contributed by atoms with Crippen molar-refractivity contribution in [3.8, 4) is 5.75 Å². The number of pyridine rings is 2. The van der Waals surface area contributed by atoms with Crippen molar-refractivity contribution in [2.24, 2.45) is 23.2 Å². The van der Waals surface area contributed by atoms with Crippen molar-refractivity contribution in [1.29, 1.82) is 0 Å². The van der Waals surface area contributed by atoms with Gasteiger partial charge >= 0.3 is 0 Å². The van der Waals surface area contributed by atoms with Gasteiger partial charge in [0.15, 0.2) is 11.6 Å². The fourth-order valence-corrected chi connectivity index (χ4v) is 7.58. The molecule has 3 aliphatic rings. The maximum Gasteiger partial charge on any atom is 0.198 e. The Morgan fingerprint density at radius 3 is 2.43 bits per heavy atom. The Labute approximate surface area is 205 Å². The van der Waals surface area contributed by atoms with Crippen LogP contribution in [0.4, 0.5) is 0 Å². The summed E-state index contributed by atoms with van der Waals surface area (Å²) in [5.74, 6) is 1.54. The van der Waals surface area contributed by atoms with Crippen LogP contribution >= 0.6 is 0 Å². The highest BCUT2D eigenvalue weighted by atomic mass is 16.3. The first-order valence-electron chi connectivity index (χ1n) is 12.7. The fourth-order valence-electron chi connectivity index (χ4n) is 7.58. The molecule has 2 aromatic heterocycles. The monoisotopic (exact) mass is 466 g/mol. The van der Waals surface area contributed by atoms with E-state index in [1.54, 1.807) is 36.9 Å². The summed E-state index contributed by atoms with van der Waals surface area (Å²) < 4.78 is 0. The number of aromatic nitrogens is 2. The highest BCUT2D eigenvalue weighted by molar-refractivity contribution is 6.10. The minimum Gasteiger partial charge on any atom is -0.507 e. The third kappa shape index (κ3) is 3.51. The minimum atomic E-state index is -0.190. The number of phenolic OH excluding ortho intramolecular Hbond substituents is 1. The molecule has 6 rings (SSSR count). The molecule has 0 bridgehead atoms. The lowest BCUT2D eigenvalue weighted by atomic mass is 9.53. The van der Waals surface area contributed by atoms with E-state index in [0.29, 0.717) is 28.9 Å². The standard InChI is InChI=1S/C30H30N2O3/c1-30-11-10-21-22(25(30)8-9-26(30)29(35)20-5-3-13-32-17-20)7-6-18-14-24(27(33)15-23(18)21)28(34)19-4-2-12-31-16-19/h2-5,12-17,21-22,25-26,33H,6-11H2,1H3/t21-,22+,25-,26+,30-/m0/s1. The van der Waals surface area contributed by atoms with E-state index in [0.717, 1.165) is 44.1 Å². The second-order valence-electron chi connectivity index (χ2n) is 10.8. The quantitative estimate of drug-likeness (QED) is 0.494. The lowest BCUT2D eigenvalue weighted by Gasteiger charge is -2.50. The SMILES string of the molecule is C[C@]12CC[C@@H]3c4cc(O)c(C(=O)c5cccnc5)cc4CC[C@H]3[C@@H]1CC[C@@H]2C(=O)c1cccnc1. The maximum atomic E-state index is 13.4. The van der Waals surface area contributed by atoms with Crippen molar-refractivity contribution in [3.05, 3.63) is 89.0 Å². The smallest absolute Gasteiger partial charge is 0.198 e. The molecule has 5 atom stereocenters. The van der Waals surface area contributed by atoms with Crippen LogP contribution in [0.2, 0.25) is 0 Å². The Bertz CT molecular complexity index is 1290. The maximum absolute atomic E-state index is 13.4. The average Bonchev–Trinajstić information content (AvgIpc) is 3.25. The molecule has 0 radical (unpaired) electrons. The molecule has 0 saturated heterocycles. The van der Waals surface area contributed by atoms with E-state index in [9.17, 15) is 14.7 Å². The highest BCUT2D eigenvalue weighted by Gasteiger charge is 2.56. The number of nitrogens with zero attached hydrogens (tertiary/aromatic N) is 2. The summed E-state index contributed by atoms with van der Waals surface area (Å²) in [4.78, 5) is 34.6. The summed E-state index contributed by atoms with van der Waals surface area (Å²) >= 11 is 0. The predicted molar refractivity (Wildman–Crippen MR) is 132 cm³/mol. The third-order valence-electron chi connectivity index (χ3n) is 9.27. The zero-order valence-electron chi connectivity index (χ0n) is 20.0. The number of hydrogen-bond acceptors (Lipinski definition) is 5. The summed E-state index contributed by atoms with van der Waals surface area (Å²) in [5, 5.41) is 10.9. The topological polar surface area (TPSA) is 80.1 Å². The van der Waals surface area contributed by atoms with Crippen molar-refractivity contribution < 1.29 is 14.7 Å². The van der Waals surface area contributed by atoms with Crippen molar-refractivity contribution in [2.45, 2.75) is 51.4 Å². The molecule has 2 heterocycles. The van der Waals surface area contributed by atoms with Crippen LogP contribution < -0.4 is 0 Å². The Hall–Kier alpha value is -3.34. The number of rotatable bonds is 4. The summed E-state index contributed by atoms with van der Waals surface area (Å²) in [5.41, 5.74) is 3.96. The van der Waals surface area contributed by atoms with Crippen LogP contribution in [-0.2, 0) is 6.42 Å². The summed E-state index contributed by atoms with van der Waals surface area (Å²) in [6.45, 7) is 2.34. The van der Waals surface area contributed by atoms with Gasteiger partial charge in [0, 0.05) is 41.8 Å². The highest BCUT2D eigenvalue weighted by Crippen LogP contribution is 2.63. The van der Waals surface area contributed by atoms with Crippen LogP contribution in [0.5, 0.6) is 5.75 Å². The number of Topliss-reactive ketones (excluding diaryl/α,β-unsaturated/α-hetero) is 1. The zero-order valence-corrected chi connectivity index (χ0v) is 20.0. The number of aryl methyl sites for hydroxylation is 1.